The number of anilines is 2. The van der Waals surface area contributed by atoms with Crippen molar-refractivity contribution in [2.75, 3.05) is 22.7 Å². The van der Waals surface area contributed by atoms with Crippen molar-refractivity contribution in [3.63, 3.8) is 0 Å². The molecular formula is C19H31N4O5S2-. The van der Waals surface area contributed by atoms with Gasteiger partial charge < -0.3 is 14.6 Å². The summed E-state index contributed by atoms with van der Waals surface area (Å²) >= 11 is -1.62. The number of amides is 2. The highest BCUT2D eigenvalue weighted by molar-refractivity contribution is 7.81. The van der Waals surface area contributed by atoms with E-state index in [0.29, 0.717) is 23.5 Å². The summed E-state index contributed by atoms with van der Waals surface area (Å²) in [4.78, 5) is 29.8. The van der Waals surface area contributed by atoms with Crippen LogP contribution in [0.2, 0.25) is 0 Å². The zero-order chi connectivity index (χ0) is 22.3. The molecule has 1 aliphatic carbocycles. The van der Waals surface area contributed by atoms with E-state index in [9.17, 15) is 18.4 Å². The number of hydrogen-bond acceptors (Lipinski definition) is 6. The Kier molecular flexibility index (Phi) is 9.50. The molecule has 170 valence electrons. The zero-order valence-corrected chi connectivity index (χ0v) is 19.3. The lowest BCUT2D eigenvalue weighted by Crippen LogP contribution is -2.45. The standard InChI is InChI=1S/C19H32N4O5S2/c1-13(2)8-10-22(15-6-4-14(3)5-7-15)19(26)21-18-20-12-16(29-18)23(30(27)28)11-9-17(24)25/h12-15H,4-11H2,1-3H3,(H,24,25)(H,27,28)(H,20,21,26)/p-1. The second kappa shape index (κ2) is 11.6. The molecule has 2 amide bonds. The molecule has 11 heteroatoms. The van der Waals surface area contributed by atoms with Crippen molar-refractivity contribution in [2.45, 2.75) is 65.3 Å². The number of urea groups is 1. The minimum Gasteiger partial charge on any atom is -0.755 e. The number of aromatic nitrogens is 1. The Bertz CT molecular complexity index is 734. The van der Waals surface area contributed by atoms with Crippen molar-refractivity contribution in [3.8, 4) is 0 Å². The predicted molar refractivity (Wildman–Crippen MR) is 117 cm³/mol. The zero-order valence-electron chi connectivity index (χ0n) is 17.7. The molecule has 0 radical (unpaired) electrons. The van der Waals surface area contributed by atoms with E-state index in [2.05, 4.69) is 31.1 Å². The predicted octanol–water partition coefficient (Wildman–Crippen LogP) is 3.68. The van der Waals surface area contributed by atoms with Gasteiger partial charge in [0.15, 0.2) is 5.13 Å². The molecule has 1 atom stereocenters. The molecule has 1 aromatic rings. The Morgan fingerprint density at radius 1 is 1.33 bits per heavy atom. The van der Waals surface area contributed by atoms with Gasteiger partial charge in [-0.2, -0.15) is 0 Å². The van der Waals surface area contributed by atoms with Crippen LogP contribution in [0.5, 0.6) is 0 Å². The van der Waals surface area contributed by atoms with Crippen LogP contribution in [0.3, 0.4) is 0 Å². The number of aliphatic carboxylic acids is 1. The van der Waals surface area contributed by atoms with Crippen LogP contribution < -0.4 is 9.62 Å². The number of carboxylic acid groups (broad SMARTS) is 1. The first-order chi connectivity index (χ1) is 14.2. The molecule has 0 spiro atoms. The number of hydrogen-bond donors (Lipinski definition) is 2. The summed E-state index contributed by atoms with van der Waals surface area (Å²) in [5, 5.41) is 12.2. The summed E-state index contributed by atoms with van der Waals surface area (Å²) < 4.78 is 23.8. The number of rotatable bonds is 10. The topological polar surface area (TPSA) is 126 Å². The SMILES string of the molecule is CC(C)CCN(C(=O)Nc1ncc(N(CCC(=O)O)S(=O)[O-])s1)C1CCC(C)CC1. The Hall–Kier alpha value is -1.72. The fourth-order valence-electron chi connectivity index (χ4n) is 3.46. The molecular weight excluding hydrogens is 428 g/mol. The molecule has 0 saturated heterocycles. The third kappa shape index (κ3) is 7.51. The van der Waals surface area contributed by atoms with Gasteiger partial charge in [-0.15, -0.1) is 0 Å². The third-order valence-electron chi connectivity index (χ3n) is 5.30. The number of carboxylic acids is 1. The lowest BCUT2D eigenvalue weighted by atomic mass is 9.86. The van der Waals surface area contributed by atoms with Gasteiger partial charge in [0.05, 0.1) is 12.6 Å². The fourth-order valence-corrected chi connectivity index (χ4v) is 4.93. The van der Waals surface area contributed by atoms with Crippen molar-refractivity contribution in [1.82, 2.24) is 9.88 Å². The molecule has 30 heavy (non-hydrogen) atoms. The number of nitrogens with zero attached hydrogens (tertiary/aromatic N) is 3. The van der Waals surface area contributed by atoms with Crippen molar-refractivity contribution in [2.24, 2.45) is 11.8 Å². The van der Waals surface area contributed by atoms with E-state index in [1.165, 1.54) is 6.20 Å². The van der Waals surface area contributed by atoms with Crippen molar-refractivity contribution in [3.05, 3.63) is 6.20 Å². The lowest BCUT2D eigenvalue weighted by Gasteiger charge is -2.36. The molecule has 0 bridgehead atoms. The summed E-state index contributed by atoms with van der Waals surface area (Å²) in [6.45, 7) is 6.96. The van der Waals surface area contributed by atoms with Gasteiger partial charge in [-0.25, -0.2) is 9.78 Å². The Balaban J connectivity index is 2.07. The maximum atomic E-state index is 13.0. The van der Waals surface area contributed by atoms with E-state index < -0.39 is 17.2 Å². The highest BCUT2D eigenvalue weighted by Gasteiger charge is 2.28. The van der Waals surface area contributed by atoms with Gasteiger partial charge in [0.25, 0.3) is 0 Å². The second-order valence-electron chi connectivity index (χ2n) is 8.19. The van der Waals surface area contributed by atoms with Crippen LogP contribution >= 0.6 is 11.3 Å². The largest absolute Gasteiger partial charge is 0.755 e. The Labute approximate surface area is 184 Å². The van der Waals surface area contributed by atoms with Crippen LogP contribution in [0.25, 0.3) is 0 Å². The molecule has 1 unspecified atom stereocenters. The first-order valence-electron chi connectivity index (χ1n) is 10.3. The molecule has 1 aliphatic rings. The third-order valence-corrected chi connectivity index (χ3v) is 7.09. The highest BCUT2D eigenvalue weighted by atomic mass is 32.2. The van der Waals surface area contributed by atoms with Gasteiger partial charge in [-0.1, -0.05) is 32.1 Å². The monoisotopic (exact) mass is 459 g/mol. The number of carbonyl (C=O) groups excluding carboxylic acids is 1. The minimum absolute atomic E-state index is 0.193. The van der Waals surface area contributed by atoms with Gasteiger partial charge in [0.2, 0.25) is 0 Å². The highest BCUT2D eigenvalue weighted by Crippen LogP contribution is 2.30. The van der Waals surface area contributed by atoms with E-state index in [4.69, 9.17) is 5.11 Å². The minimum atomic E-state index is -2.63. The molecule has 0 aliphatic heterocycles. The molecule has 1 heterocycles. The summed E-state index contributed by atoms with van der Waals surface area (Å²) in [5.41, 5.74) is 0. The molecule has 0 aromatic carbocycles. The van der Waals surface area contributed by atoms with Crippen LogP contribution in [0.15, 0.2) is 6.20 Å². The van der Waals surface area contributed by atoms with E-state index in [1.54, 1.807) is 0 Å². The van der Waals surface area contributed by atoms with Gasteiger partial charge in [0, 0.05) is 30.4 Å². The Morgan fingerprint density at radius 2 is 2.00 bits per heavy atom. The summed E-state index contributed by atoms with van der Waals surface area (Å²) in [7, 11) is 0. The van der Waals surface area contributed by atoms with E-state index in [-0.39, 0.29) is 30.0 Å². The maximum absolute atomic E-state index is 13.0. The Morgan fingerprint density at radius 3 is 2.57 bits per heavy atom. The van der Waals surface area contributed by atoms with E-state index in [1.807, 2.05) is 4.90 Å². The molecule has 1 aromatic heterocycles. The van der Waals surface area contributed by atoms with E-state index in [0.717, 1.165) is 47.7 Å². The molecule has 2 N–H and O–H groups in total. The number of nitrogens with one attached hydrogen (secondary N) is 1. The van der Waals surface area contributed by atoms with Gasteiger partial charge in [-0.05, 0) is 43.9 Å². The summed E-state index contributed by atoms with van der Waals surface area (Å²) in [6.07, 6.45) is 6.08. The van der Waals surface area contributed by atoms with Crippen molar-refractivity contribution >= 4 is 44.7 Å². The molecule has 2 rings (SSSR count). The average molecular weight is 460 g/mol. The first-order valence-corrected chi connectivity index (χ1v) is 12.1. The quantitative estimate of drug-likeness (QED) is 0.514. The molecule has 9 nitrogen and oxygen atoms in total. The fraction of sp³-hybridized carbons (Fsp3) is 0.737. The smallest absolute Gasteiger partial charge is 0.323 e. The van der Waals surface area contributed by atoms with E-state index >= 15 is 0 Å². The second-order valence-corrected chi connectivity index (χ2v) is 10.1. The summed E-state index contributed by atoms with van der Waals surface area (Å²) in [5.74, 6) is 0.0673. The normalized spacial score (nSPS) is 20.0. The molecule has 1 fully saturated rings. The first kappa shape index (κ1) is 24.5. The van der Waals surface area contributed by atoms with Gasteiger partial charge in [0.1, 0.15) is 5.00 Å². The lowest BCUT2D eigenvalue weighted by molar-refractivity contribution is -0.136. The van der Waals surface area contributed by atoms with Crippen molar-refractivity contribution in [1.29, 1.82) is 0 Å². The van der Waals surface area contributed by atoms with Crippen LogP contribution in [-0.2, 0) is 16.1 Å². The van der Waals surface area contributed by atoms with Gasteiger partial charge >= 0.3 is 12.0 Å². The van der Waals surface area contributed by atoms with Crippen LogP contribution in [0.1, 0.15) is 59.3 Å². The molecule has 1 saturated carbocycles. The van der Waals surface area contributed by atoms with Crippen LogP contribution in [0.4, 0.5) is 14.9 Å². The van der Waals surface area contributed by atoms with Crippen LogP contribution in [0, 0.1) is 11.8 Å². The number of carbonyl (C=O) groups is 2. The van der Waals surface area contributed by atoms with Gasteiger partial charge in [-0.3, -0.25) is 18.6 Å². The average Bonchev–Trinajstić information content (AvgIpc) is 3.10. The maximum Gasteiger partial charge on any atom is 0.323 e. The van der Waals surface area contributed by atoms with Crippen LogP contribution in [-0.4, -0.2) is 54.9 Å². The van der Waals surface area contributed by atoms with Crippen molar-refractivity contribution < 1.29 is 23.5 Å². The summed E-state index contributed by atoms with van der Waals surface area (Å²) in [6, 6.07) is -0.0305. The number of thiazole rings is 1.